The van der Waals surface area contributed by atoms with Crippen molar-refractivity contribution in [1.82, 2.24) is 0 Å². The SMILES string of the molecule is CC=CC=C(C(=O)O)c1ccc([C@H]2CC[C@H](CCCCC)CC2)cc1. The van der Waals surface area contributed by atoms with E-state index in [0.717, 1.165) is 11.5 Å². The zero-order valence-electron chi connectivity index (χ0n) is 15.7. The first kappa shape index (κ1) is 19.5. The van der Waals surface area contributed by atoms with Crippen LogP contribution in [-0.2, 0) is 4.79 Å². The number of benzene rings is 1. The largest absolute Gasteiger partial charge is 0.478 e. The van der Waals surface area contributed by atoms with Crippen molar-refractivity contribution in [3.05, 3.63) is 53.6 Å². The Balaban J connectivity index is 1.95. The lowest BCUT2D eigenvalue weighted by atomic mass is 9.77. The minimum absolute atomic E-state index is 0.351. The van der Waals surface area contributed by atoms with Gasteiger partial charge in [-0.3, -0.25) is 0 Å². The minimum atomic E-state index is -0.876. The van der Waals surface area contributed by atoms with Crippen molar-refractivity contribution >= 4 is 11.5 Å². The molecule has 1 saturated carbocycles. The molecule has 0 spiro atoms. The Morgan fingerprint density at radius 1 is 1.12 bits per heavy atom. The molecule has 1 aliphatic rings. The van der Waals surface area contributed by atoms with Crippen LogP contribution in [0.5, 0.6) is 0 Å². The first-order chi connectivity index (χ1) is 12.2. The van der Waals surface area contributed by atoms with Gasteiger partial charge in [0.05, 0.1) is 5.57 Å². The van der Waals surface area contributed by atoms with Gasteiger partial charge in [-0.1, -0.05) is 69.0 Å². The third-order valence-corrected chi connectivity index (χ3v) is 5.44. The number of carbonyl (C=O) groups is 1. The fourth-order valence-electron chi connectivity index (χ4n) is 3.89. The zero-order chi connectivity index (χ0) is 18.1. The molecule has 1 N–H and O–H groups in total. The molecule has 1 aromatic carbocycles. The molecule has 25 heavy (non-hydrogen) atoms. The quantitative estimate of drug-likeness (QED) is 0.329. The summed E-state index contributed by atoms with van der Waals surface area (Å²) in [6.45, 7) is 4.15. The summed E-state index contributed by atoms with van der Waals surface area (Å²) in [7, 11) is 0. The van der Waals surface area contributed by atoms with Crippen molar-refractivity contribution < 1.29 is 9.90 Å². The lowest BCUT2D eigenvalue weighted by molar-refractivity contribution is -0.130. The molecular formula is C23H32O2. The summed E-state index contributed by atoms with van der Waals surface area (Å²) in [5.74, 6) is 0.687. The summed E-state index contributed by atoms with van der Waals surface area (Å²) < 4.78 is 0. The molecule has 0 unspecified atom stereocenters. The molecule has 0 radical (unpaired) electrons. The molecule has 0 saturated heterocycles. The van der Waals surface area contributed by atoms with Crippen LogP contribution in [0, 0.1) is 5.92 Å². The first-order valence-corrected chi connectivity index (χ1v) is 9.82. The maximum absolute atomic E-state index is 11.4. The molecule has 0 amide bonds. The average molecular weight is 341 g/mol. The third-order valence-electron chi connectivity index (χ3n) is 5.44. The van der Waals surface area contributed by atoms with Crippen LogP contribution in [-0.4, -0.2) is 11.1 Å². The van der Waals surface area contributed by atoms with Gasteiger partial charge in [0, 0.05) is 0 Å². The van der Waals surface area contributed by atoms with Crippen LogP contribution in [0.1, 0.15) is 82.3 Å². The van der Waals surface area contributed by atoms with E-state index in [1.165, 1.54) is 56.9 Å². The van der Waals surface area contributed by atoms with E-state index in [0.29, 0.717) is 11.5 Å². The van der Waals surface area contributed by atoms with E-state index in [-0.39, 0.29) is 0 Å². The number of carboxylic acid groups (broad SMARTS) is 1. The fraction of sp³-hybridized carbons (Fsp3) is 0.522. The summed E-state index contributed by atoms with van der Waals surface area (Å²) >= 11 is 0. The second kappa shape index (κ2) is 10.2. The van der Waals surface area contributed by atoms with Gasteiger partial charge < -0.3 is 5.11 Å². The highest BCUT2D eigenvalue weighted by atomic mass is 16.4. The molecule has 2 rings (SSSR count). The van der Waals surface area contributed by atoms with Gasteiger partial charge in [-0.2, -0.15) is 0 Å². The summed E-state index contributed by atoms with van der Waals surface area (Å²) in [5.41, 5.74) is 2.50. The van der Waals surface area contributed by atoms with E-state index < -0.39 is 5.97 Å². The highest BCUT2D eigenvalue weighted by molar-refractivity contribution is 6.15. The molecule has 0 bridgehead atoms. The summed E-state index contributed by atoms with van der Waals surface area (Å²) in [5, 5.41) is 9.39. The molecule has 1 aromatic rings. The van der Waals surface area contributed by atoms with Crippen LogP contribution in [0.25, 0.3) is 5.57 Å². The third kappa shape index (κ3) is 5.88. The number of rotatable bonds is 8. The van der Waals surface area contributed by atoms with E-state index in [4.69, 9.17) is 0 Å². The predicted octanol–water partition coefficient (Wildman–Crippen LogP) is 6.58. The van der Waals surface area contributed by atoms with Crippen LogP contribution in [0.15, 0.2) is 42.5 Å². The lowest BCUT2D eigenvalue weighted by Crippen LogP contribution is -2.13. The maximum atomic E-state index is 11.4. The van der Waals surface area contributed by atoms with Crippen molar-refractivity contribution in [3.63, 3.8) is 0 Å². The van der Waals surface area contributed by atoms with Gasteiger partial charge in [-0.25, -0.2) is 4.79 Å². The second-order valence-corrected chi connectivity index (χ2v) is 7.25. The highest BCUT2D eigenvalue weighted by Crippen LogP contribution is 2.38. The van der Waals surface area contributed by atoms with Crippen molar-refractivity contribution in [2.75, 3.05) is 0 Å². The summed E-state index contributed by atoms with van der Waals surface area (Å²) in [6.07, 6.45) is 16.0. The normalized spacial score (nSPS) is 21.6. The van der Waals surface area contributed by atoms with Crippen LogP contribution in [0.4, 0.5) is 0 Å². The number of unbranched alkanes of at least 4 members (excludes halogenated alkanes) is 2. The highest BCUT2D eigenvalue weighted by Gasteiger charge is 2.22. The van der Waals surface area contributed by atoms with Crippen LogP contribution < -0.4 is 0 Å². The van der Waals surface area contributed by atoms with Gasteiger partial charge in [0.1, 0.15) is 0 Å². The molecular weight excluding hydrogens is 308 g/mol. The maximum Gasteiger partial charge on any atom is 0.336 e. The molecule has 1 aliphatic carbocycles. The van der Waals surface area contributed by atoms with Gasteiger partial charge in [-0.15, -0.1) is 0 Å². The number of allylic oxidation sites excluding steroid dienone is 3. The molecule has 2 nitrogen and oxygen atoms in total. The van der Waals surface area contributed by atoms with E-state index in [9.17, 15) is 9.90 Å². The second-order valence-electron chi connectivity index (χ2n) is 7.25. The first-order valence-electron chi connectivity index (χ1n) is 9.82. The number of aliphatic carboxylic acids is 1. The molecule has 0 atom stereocenters. The smallest absolute Gasteiger partial charge is 0.336 e. The van der Waals surface area contributed by atoms with Crippen molar-refractivity contribution in [2.24, 2.45) is 5.92 Å². The average Bonchev–Trinajstić information content (AvgIpc) is 2.63. The summed E-state index contributed by atoms with van der Waals surface area (Å²) in [4.78, 5) is 11.4. The molecule has 0 heterocycles. The van der Waals surface area contributed by atoms with Gasteiger partial charge in [0.15, 0.2) is 0 Å². The zero-order valence-corrected chi connectivity index (χ0v) is 15.7. The Bertz CT molecular complexity index is 587. The van der Waals surface area contributed by atoms with Crippen LogP contribution in [0.3, 0.4) is 0 Å². The monoisotopic (exact) mass is 340 g/mol. The number of carboxylic acids is 1. The Hall–Kier alpha value is -1.83. The van der Waals surface area contributed by atoms with Crippen molar-refractivity contribution in [3.8, 4) is 0 Å². The Labute approximate surface area is 152 Å². The predicted molar refractivity (Wildman–Crippen MR) is 106 cm³/mol. The number of hydrogen-bond acceptors (Lipinski definition) is 1. The fourth-order valence-corrected chi connectivity index (χ4v) is 3.89. The Morgan fingerprint density at radius 3 is 2.36 bits per heavy atom. The van der Waals surface area contributed by atoms with Gasteiger partial charge in [0.2, 0.25) is 0 Å². The Kier molecular flexibility index (Phi) is 7.97. The topological polar surface area (TPSA) is 37.3 Å². The molecule has 1 fully saturated rings. The van der Waals surface area contributed by atoms with E-state index in [1.807, 2.05) is 25.1 Å². The van der Waals surface area contributed by atoms with Gasteiger partial charge >= 0.3 is 5.97 Å². The van der Waals surface area contributed by atoms with E-state index in [2.05, 4.69) is 19.1 Å². The molecule has 0 aliphatic heterocycles. The standard InChI is InChI=1S/C23H32O2/c1-3-5-7-8-18-10-12-19(13-11-18)20-14-16-21(17-15-20)22(23(24)25)9-6-4-2/h4,6,9,14-19H,3,5,7-8,10-13H2,1-2H3,(H,24,25)/t18-,19-. The van der Waals surface area contributed by atoms with Crippen molar-refractivity contribution in [2.45, 2.75) is 71.1 Å². The Morgan fingerprint density at radius 2 is 1.80 bits per heavy atom. The van der Waals surface area contributed by atoms with Gasteiger partial charge in [-0.05, 0) is 61.6 Å². The summed E-state index contributed by atoms with van der Waals surface area (Å²) in [6, 6.07) is 8.19. The molecule has 136 valence electrons. The van der Waals surface area contributed by atoms with Gasteiger partial charge in [0.25, 0.3) is 0 Å². The van der Waals surface area contributed by atoms with Crippen LogP contribution >= 0.6 is 0 Å². The minimum Gasteiger partial charge on any atom is -0.478 e. The van der Waals surface area contributed by atoms with E-state index in [1.54, 1.807) is 12.2 Å². The lowest BCUT2D eigenvalue weighted by Gasteiger charge is -2.29. The molecule has 0 aromatic heterocycles. The van der Waals surface area contributed by atoms with E-state index >= 15 is 0 Å². The van der Waals surface area contributed by atoms with Crippen LogP contribution in [0.2, 0.25) is 0 Å². The number of hydrogen-bond donors (Lipinski definition) is 1. The van der Waals surface area contributed by atoms with Crippen molar-refractivity contribution in [1.29, 1.82) is 0 Å². The molecule has 2 heteroatoms.